The van der Waals surface area contributed by atoms with Crippen LogP contribution in [0.1, 0.15) is 111 Å². The molecule has 250 valence electrons. The maximum absolute atomic E-state index is 13.1. The van der Waals surface area contributed by atoms with Gasteiger partial charge in [-0.25, -0.2) is 0 Å². The molecule has 2 rings (SSSR count). The Morgan fingerprint density at radius 3 is 2.14 bits per heavy atom. The maximum Gasteiger partial charge on any atom is 0.308 e. The summed E-state index contributed by atoms with van der Waals surface area (Å²) >= 11 is 0. The van der Waals surface area contributed by atoms with Gasteiger partial charge in [0.1, 0.15) is 6.61 Å². The SMILES string of the molecule is CCC(C)(CCCC(CCCC(CCCC1C2CCC(C2)C1C)C(N)=O)C(=O)OCCN(C)C)C(=O)NCCCN(C)C. The largest absolute Gasteiger partial charge is 0.464 e. The molecule has 0 spiro atoms. The van der Waals surface area contributed by atoms with Crippen LogP contribution in [-0.2, 0) is 19.1 Å². The Morgan fingerprint density at radius 1 is 0.907 bits per heavy atom. The van der Waals surface area contributed by atoms with Crippen LogP contribution in [0.5, 0.6) is 0 Å². The highest BCUT2D eigenvalue weighted by molar-refractivity contribution is 5.82. The number of nitrogens with one attached hydrogen (secondary N) is 1. The fraction of sp³-hybridized carbons (Fsp3) is 0.914. The quantitative estimate of drug-likeness (QED) is 0.118. The molecular formula is C35H66N4O4. The lowest BCUT2D eigenvalue weighted by atomic mass is 9.77. The van der Waals surface area contributed by atoms with Crippen LogP contribution >= 0.6 is 0 Å². The number of nitrogens with zero attached hydrogens (tertiary/aromatic N) is 2. The Labute approximate surface area is 263 Å². The Balaban J connectivity index is 1.86. The standard InChI is InChI=1S/C35H66N4O4/c1-8-35(3,34(42)37-21-12-22-38(4)5)20-11-16-28(33(41)43-24-23-39(6)7)15-9-13-27(32(36)40)14-10-17-31-26(2)29-18-19-30(31)25-29/h26-31H,8-25H2,1-7H3,(H2,36,40)(H,37,42). The molecule has 8 nitrogen and oxygen atoms in total. The first-order valence-electron chi connectivity index (χ1n) is 17.4. The molecule has 0 saturated heterocycles. The van der Waals surface area contributed by atoms with Gasteiger partial charge >= 0.3 is 5.97 Å². The van der Waals surface area contributed by atoms with Gasteiger partial charge in [-0.2, -0.15) is 0 Å². The van der Waals surface area contributed by atoms with Crippen molar-refractivity contribution in [3.05, 3.63) is 0 Å². The van der Waals surface area contributed by atoms with Gasteiger partial charge in [0.15, 0.2) is 0 Å². The van der Waals surface area contributed by atoms with Gasteiger partial charge in [0.25, 0.3) is 0 Å². The number of nitrogens with two attached hydrogens (primary N) is 1. The smallest absolute Gasteiger partial charge is 0.308 e. The van der Waals surface area contributed by atoms with Crippen molar-refractivity contribution in [3.8, 4) is 0 Å². The molecule has 43 heavy (non-hydrogen) atoms. The maximum atomic E-state index is 13.1. The zero-order chi connectivity index (χ0) is 32.0. The Kier molecular flexibility index (Phi) is 16.6. The number of amides is 2. The third kappa shape index (κ3) is 12.7. The summed E-state index contributed by atoms with van der Waals surface area (Å²) in [6.07, 6.45) is 13.4. The molecular weight excluding hydrogens is 540 g/mol. The first kappa shape index (κ1) is 37.5. The van der Waals surface area contributed by atoms with E-state index in [1.807, 2.05) is 40.0 Å². The monoisotopic (exact) mass is 607 g/mol. The Bertz CT molecular complexity index is 848. The Morgan fingerprint density at radius 2 is 1.53 bits per heavy atom. The van der Waals surface area contributed by atoms with E-state index in [1.165, 1.54) is 25.7 Å². The predicted molar refractivity (Wildman–Crippen MR) is 175 cm³/mol. The van der Waals surface area contributed by atoms with Crippen LogP contribution in [-0.4, -0.2) is 82.0 Å². The van der Waals surface area contributed by atoms with E-state index in [2.05, 4.69) is 24.1 Å². The summed E-state index contributed by atoms with van der Waals surface area (Å²) in [7, 11) is 8.00. The third-order valence-corrected chi connectivity index (χ3v) is 10.9. The molecule has 0 aromatic rings. The minimum atomic E-state index is -0.453. The average Bonchev–Trinajstić information content (AvgIpc) is 3.55. The Hall–Kier alpha value is -1.67. The van der Waals surface area contributed by atoms with Crippen molar-refractivity contribution in [1.82, 2.24) is 15.1 Å². The molecule has 3 N–H and O–H groups in total. The molecule has 2 aliphatic rings. The van der Waals surface area contributed by atoms with E-state index in [0.29, 0.717) is 32.5 Å². The second-order valence-electron chi connectivity index (χ2n) is 14.7. The first-order chi connectivity index (χ1) is 20.4. The number of ether oxygens (including phenoxy) is 1. The van der Waals surface area contributed by atoms with Gasteiger partial charge in [-0.1, -0.05) is 40.0 Å². The molecule has 2 fully saturated rings. The van der Waals surface area contributed by atoms with Crippen molar-refractivity contribution in [3.63, 3.8) is 0 Å². The van der Waals surface area contributed by atoms with Gasteiger partial charge in [0.05, 0.1) is 5.92 Å². The van der Waals surface area contributed by atoms with E-state index in [-0.39, 0.29) is 29.6 Å². The lowest BCUT2D eigenvalue weighted by Crippen LogP contribution is -2.39. The van der Waals surface area contributed by atoms with E-state index >= 15 is 0 Å². The fourth-order valence-corrected chi connectivity index (χ4v) is 7.66. The molecule has 7 unspecified atom stereocenters. The molecule has 2 saturated carbocycles. The minimum Gasteiger partial charge on any atom is -0.464 e. The van der Waals surface area contributed by atoms with E-state index in [0.717, 1.165) is 81.6 Å². The number of likely N-dealkylation sites (N-methyl/N-ethyl adjacent to an activating group) is 1. The fourth-order valence-electron chi connectivity index (χ4n) is 7.66. The number of primary amides is 1. The zero-order valence-corrected chi connectivity index (χ0v) is 28.8. The molecule has 0 aromatic carbocycles. The summed E-state index contributed by atoms with van der Waals surface area (Å²) in [6, 6.07) is 0. The van der Waals surface area contributed by atoms with Crippen LogP contribution in [0.2, 0.25) is 0 Å². The molecule has 0 radical (unpaired) electrons. The third-order valence-electron chi connectivity index (χ3n) is 10.9. The van der Waals surface area contributed by atoms with E-state index in [4.69, 9.17) is 10.5 Å². The van der Waals surface area contributed by atoms with Crippen LogP contribution in [0.3, 0.4) is 0 Å². The van der Waals surface area contributed by atoms with Gasteiger partial charge < -0.3 is 25.6 Å². The summed E-state index contributed by atoms with van der Waals surface area (Å²) in [5, 5.41) is 3.13. The number of hydrogen-bond acceptors (Lipinski definition) is 6. The second-order valence-corrected chi connectivity index (χ2v) is 14.7. The summed E-state index contributed by atoms with van der Waals surface area (Å²) in [5.41, 5.74) is 5.39. The second kappa shape index (κ2) is 19.0. The van der Waals surface area contributed by atoms with Crippen LogP contribution in [0.25, 0.3) is 0 Å². The molecule has 8 heteroatoms. The van der Waals surface area contributed by atoms with E-state index in [1.54, 1.807) is 0 Å². The van der Waals surface area contributed by atoms with Crippen molar-refractivity contribution in [2.45, 2.75) is 111 Å². The summed E-state index contributed by atoms with van der Waals surface area (Å²) in [6.45, 7) is 9.20. The van der Waals surface area contributed by atoms with Crippen molar-refractivity contribution >= 4 is 17.8 Å². The molecule has 0 aliphatic heterocycles. The number of carbonyl (C=O) groups is 3. The van der Waals surface area contributed by atoms with Gasteiger partial charge in [-0.05, 0) is 129 Å². The highest BCUT2D eigenvalue weighted by Gasteiger charge is 2.44. The van der Waals surface area contributed by atoms with Crippen molar-refractivity contribution in [2.75, 3.05) is 54.4 Å². The average molecular weight is 607 g/mol. The number of hydrogen-bond donors (Lipinski definition) is 2. The predicted octanol–water partition coefficient (Wildman–Crippen LogP) is 5.49. The van der Waals surface area contributed by atoms with Crippen LogP contribution < -0.4 is 11.1 Å². The normalized spacial score (nSPS) is 24.2. The van der Waals surface area contributed by atoms with Gasteiger partial charge in [-0.15, -0.1) is 0 Å². The number of esters is 1. The van der Waals surface area contributed by atoms with E-state index < -0.39 is 5.41 Å². The molecule has 2 bridgehead atoms. The number of carbonyl (C=O) groups excluding carboxylic acids is 3. The zero-order valence-electron chi connectivity index (χ0n) is 28.8. The molecule has 0 heterocycles. The lowest BCUT2D eigenvalue weighted by molar-refractivity contribution is -0.149. The summed E-state index contributed by atoms with van der Waals surface area (Å²) < 4.78 is 5.66. The van der Waals surface area contributed by atoms with Crippen LogP contribution in [0.15, 0.2) is 0 Å². The molecule has 0 aromatic heterocycles. The lowest BCUT2D eigenvalue weighted by Gasteiger charge is -2.28. The van der Waals surface area contributed by atoms with Crippen molar-refractivity contribution in [2.24, 2.45) is 46.7 Å². The molecule has 7 atom stereocenters. The topological polar surface area (TPSA) is 105 Å². The highest BCUT2D eigenvalue weighted by Crippen LogP contribution is 2.53. The van der Waals surface area contributed by atoms with Crippen LogP contribution in [0.4, 0.5) is 0 Å². The highest BCUT2D eigenvalue weighted by atomic mass is 16.5. The minimum absolute atomic E-state index is 0.1000. The van der Waals surface area contributed by atoms with Gasteiger partial charge in [0.2, 0.25) is 11.8 Å². The van der Waals surface area contributed by atoms with Crippen molar-refractivity contribution in [1.29, 1.82) is 0 Å². The van der Waals surface area contributed by atoms with Gasteiger partial charge in [0, 0.05) is 24.4 Å². The van der Waals surface area contributed by atoms with E-state index in [9.17, 15) is 14.4 Å². The molecule has 2 amide bonds. The summed E-state index contributed by atoms with van der Waals surface area (Å²) in [4.78, 5) is 42.6. The number of fused-ring (bicyclic) bond motifs is 2. The first-order valence-corrected chi connectivity index (χ1v) is 17.4. The van der Waals surface area contributed by atoms with Gasteiger partial charge in [-0.3, -0.25) is 14.4 Å². The molecule has 2 aliphatic carbocycles. The van der Waals surface area contributed by atoms with Crippen LogP contribution in [0, 0.1) is 40.9 Å². The summed E-state index contributed by atoms with van der Waals surface area (Å²) in [5.74, 6) is 2.85. The van der Waals surface area contributed by atoms with Crippen molar-refractivity contribution < 1.29 is 19.1 Å². The number of rotatable bonds is 23.